The highest BCUT2D eigenvalue weighted by atomic mass is 32.1. The van der Waals surface area contributed by atoms with Crippen molar-refractivity contribution < 1.29 is 14.3 Å². The summed E-state index contributed by atoms with van der Waals surface area (Å²) in [6, 6.07) is 7.45. The maximum Gasteiger partial charge on any atom is 0.348 e. The van der Waals surface area contributed by atoms with E-state index in [0.29, 0.717) is 17.2 Å². The van der Waals surface area contributed by atoms with Crippen molar-refractivity contribution in [2.75, 3.05) is 18.9 Å². The van der Waals surface area contributed by atoms with E-state index in [1.165, 1.54) is 11.3 Å². The Morgan fingerprint density at radius 2 is 2.37 bits per heavy atom. The molecule has 1 saturated heterocycles. The van der Waals surface area contributed by atoms with Crippen molar-refractivity contribution in [3.8, 4) is 0 Å². The Kier molecular flexibility index (Phi) is 3.40. The number of carbonyl (C=O) groups excluding carboxylic acids is 1. The van der Waals surface area contributed by atoms with Crippen molar-refractivity contribution in [1.29, 1.82) is 0 Å². The van der Waals surface area contributed by atoms with Gasteiger partial charge in [-0.2, -0.15) is 0 Å². The van der Waals surface area contributed by atoms with Crippen LogP contribution in [-0.2, 0) is 9.47 Å². The summed E-state index contributed by atoms with van der Waals surface area (Å²) in [4.78, 5) is 12.6. The van der Waals surface area contributed by atoms with E-state index in [1.54, 1.807) is 0 Å². The molecule has 0 amide bonds. The van der Waals surface area contributed by atoms with Gasteiger partial charge in [0, 0.05) is 17.0 Å². The van der Waals surface area contributed by atoms with Gasteiger partial charge in [-0.1, -0.05) is 0 Å². The molecule has 2 aromatic rings. The largest absolute Gasteiger partial charge is 0.459 e. The molecule has 100 valence electrons. The van der Waals surface area contributed by atoms with Gasteiger partial charge in [-0.25, -0.2) is 4.79 Å². The van der Waals surface area contributed by atoms with Gasteiger partial charge in [0.25, 0.3) is 0 Å². The number of anilines is 1. The monoisotopic (exact) mass is 277 g/mol. The van der Waals surface area contributed by atoms with Gasteiger partial charge in [-0.3, -0.25) is 0 Å². The van der Waals surface area contributed by atoms with E-state index in [9.17, 15) is 4.79 Å². The van der Waals surface area contributed by atoms with Crippen LogP contribution in [-0.4, -0.2) is 25.3 Å². The van der Waals surface area contributed by atoms with E-state index in [2.05, 4.69) is 0 Å². The van der Waals surface area contributed by atoms with E-state index in [-0.39, 0.29) is 12.1 Å². The topological polar surface area (TPSA) is 61.6 Å². The second-order valence-electron chi connectivity index (χ2n) is 4.64. The van der Waals surface area contributed by atoms with Crippen LogP contribution < -0.4 is 5.73 Å². The Bertz CT molecular complexity index is 602. The third-order valence-corrected chi connectivity index (χ3v) is 4.26. The van der Waals surface area contributed by atoms with Gasteiger partial charge in [0.2, 0.25) is 0 Å². The second kappa shape index (κ2) is 5.19. The van der Waals surface area contributed by atoms with Crippen molar-refractivity contribution in [3.05, 3.63) is 29.1 Å². The Morgan fingerprint density at radius 3 is 3.16 bits per heavy atom. The van der Waals surface area contributed by atoms with E-state index >= 15 is 0 Å². The van der Waals surface area contributed by atoms with Crippen molar-refractivity contribution in [3.63, 3.8) is 0 Å². The summed E-state index contributed by atoms with van der Waals surface area (Å²) in [6.45, 7) is 1.11. The molecule has 0 aliphatic carbocycles. The van der Waals surface area contributed by atoms with Crippen LogP contribution in [0.3, 0.4) is 0 Å². The van der Waals surface area contributed by atoms with Gasteiger partial charge >= 0.3 is 5.97 Å². The number of benzene rings is 1. The zero-order valence-electron chi connectivity index (χ0n) is 10.4. The molecule has 0 bridgehead atoms. The molecule has 4 nitrogen and oxygen atoms in total. The van der Waals surface area contributed by atoms with Gasteiger partial charge in [-0.05, 0) is 42.5 Å². The molecule has 5 heteroatoms. The fourth-order valence-electron chi connectivity index (χ4n) is 2.18. The van der Waals surface area contributed by atoms with E-state index in [0.717, 1.165) is 29.5 Å². The maximum atomic E-state index is 12.0. The third-order valence-electron chi connectivity index (χ3n) is 3.17. The minimum Gasteiger partial charge on any atom is -0.459 e. The van der Waals surface area contributed by atoms with Crippen LogP contribution in [0.2, 0.25) is 0 Å². The molecule has 1 aliphatic heterocycles. The lowest BCUT2D eigenvalue weighted by Crippen LogP contribution is -2.17. The molecule has 3 rings (SSSR count). The molecule has 19 heavy (non-hydrogen) atoms. The fraction of sp³-hybridized carbons (Fsp3) is 0.357. The quantitative estimate of drug-likeness (QED) is 0.692. The van der Waals surface area contributed by atoms with E-state index in [1.807, 2.05) is 24.3 Å². The molecule has 2 N–H and O–H groups in total. The predicted molar refractivity (Wildman–Crippen MR) is 75.5 cm³/mol. The van der Waals surface area contributed by atoms with E-state index < -0.39 is 0 Å². The summed E-state index contributed by atoms with van der Waals surface area (Å²) in [5.41, 5.74) is 6.42. The van der Waals surface area contributed by atoms with Crippen molar-refractivity contribution >= 4 is 33.1 Å². The smallest absolute Gasteiger partial charge is 0.348 e. The van der Waals surface area contributed by atoms with Crippen LogP contribution >= 0.6 is 11.3 Å². The summed E-state index contributed by atoms with van der Waals surface area (Å²) in [7, 11) is 0. The fourth-order valence-corrected chi connectivity index (χ4v) is 3.11. The average molecular weight is 277 g/mol. The van der Waals surface area contributed by atoms with Crippen LogP contribution in [0.1, 0.15) is 22.5 Å². The highest BCUT2D eigenvalue weighted by molar-refractivity contribution is 7.20. The van der Waals surface area contributed by atoms with Gasteiger partial charge in [-0.15, -0.1) is 11.3 Å². The Morgan fingerprint density at radius 1 is 1.47 bits per heavy atom. The first-order valence-corrected chi connectivity index (χ1v) is 7.12. The lowest BCUT2D eigenvalue weighted by atomic mass is 10.2. The minimum atomic E-state index is -0.282. The van der Waals surface area contributed by atoms with Crippen molar-refractivity contribution in [2.24, 2.45) is 0 Å². The number of carbonyl (C=O) groups is 1. The highest BCUT2D eigenvalue weighted by Gasteiger charge is 2.19. The molecule has 1 aromatic heterocycles. The molecule has 1 unspecified atom stereocenters. The van der Waals surface area contributed by atoms with Gasteiger partial charge in [0.15, 0.2) is 0 Å². The number of thiophene rings is 1. The summed E-state index contributed by atoms with van der Waals surface area (Å²) < 4.78 is 11.8. The van der Waals surface area contributed by atoms with Gasteiger partial charge in [0.1, 0.15) is 11.5 Å². The SMILES string of the molecule is Nc1ccc2sc(C(=O)OCC3CCCO3)cc2c1. The lowest BCUT2D eigenvalue weighted by molar-refractivity contribution is 0.0165. The molecule has 1 aromatic carbocycles. The number of hydrogen-bond acceptors (Lipinski definition) is 5. The summed E-state index contributed by atoms with van der Waals surface area (Å²) in [5.74, 6) is -0.282. The summed E-state index contributed by atoms with van der Waals surface area (Å²) >= 11 is 1.43. The Labute approximate surface area is 115 Å². The maximum absolute atomic E-state index is 12.0. The summed E-state index contributed by atoms with van der Waals surface area (Å²) in [5, 5.41) is 0.981. The average Bonchev–Trinajstić information content (AvgIpc) is 3.04. The molecule has 1 aliphatic rings. The zero-order valence-corrected chi connectivity index (χ0v) is 11.2. The third kappa shape index (κ3) is 2.72. The van der Waals surface area contributed by atoms with Crippen LogP contribution in [0.15, 0.2) is 24.3 Å². The number of esters is 1. The van der Waals surface area contributed by atoms with Crippen molar-refractivity contribution in [1.82, 2.24) is 0 Å². The number of ether oxygens (including phenoxy) is 2. The number of fused-ring (bicyclic) bond motifs is 1. The molecular weight excluding hydrogens is 262 g/mol. The number of hydrogen-bond donors (Lipinski definition) is 1. The standard InChI is InChI=1S/C14H15NO3S/c15-10-3-4-12-9(6-10)7-13(19-12)14(16)18-8-11-2-1-5-17-11/h3-4,6-7,11H,1-2,5,8,15H2. The van der Waals surface area contributed by atoms with Gasteiger partial charge < -0.3 is 15.2 Å². The number of rotatable bonds is 3. The van der Waals surface area contributed by atoms with Crippen LogP contribution in [0.5, 0.6) is 0 Å². The Hall–Kier alpha value is -1.59. The van der Waals surface area contributed by atoms with Gasteiger partial charge in [0.05, 0.1) is 6.10 Å². The lowest BCUT2D eigenvalue weighted by Gasteiger charge is -2.08. The molecule has 2 heterocycles. The number of nitrogens with two attached hydrogens (primary N) is 1. The predicted octanol–water partition coefficient (Wildman–Crippen LogP) is 2.82. The molecular formula is C14H15NO3S. The normalized spacial score (nSPS) is 18.8. The van der Waals surface area contributed by atoms with Crippen molar-refractivity contribution in [2.45, 2.75) is 18.9 Å². The van der Waals surface area contributed by atoms with E-state index in [4.69, 9.17) is 15.2 Å². The first-order chi connectivity index (χ1) is 9.22. The Balaban J connectivity index is 1.70. The molecule has 1 fully saturated rings. The summed E-state index contributed by atoms with van der Waals surface area (Å²) in [6.07, 6.45) is 2.08. The second-order valence-corrected chi connectivity index (χ2v) is 5.73. The molecule has 0 radical (unpaired) electrons. The molecule has 1 atom stereocenters. The first kappa shape index (κ1) is 12.4. The van der Waals surface area contributed by atoms with Crippen LogP contribution in [0.25, 0.3) is 10.1 Å². The first-order valence-electron chi connectivity index (χ1n) is 6.30. The van der Waals surface area contributed by atoms with Crippen LogP contribution in [0, 0.1) is 0 Å². The minimum absolute atomic E-state index is 0.0639. The zero-order chi connectivity index (χ0) is 13.2. The molecule has 0 spiro atoms. The highest BCUT2D eigenvalue weighted by Crippen LogP contribution is 2.28. The van der Waals surface area contributed by atoms with Crippen LogP contribution in [0.4, 0.5) is 5.69 Å². The molecule has 0 saturated carbocycles. The number of nitrogen functional groups attached to an aromatic ring is 1.